The summed E-state index contributed by atoms with van der Waals surface area (Å²) in [5.74, 6) is -2.41. The number of halogens is 2. The summed E-state index contributed by atoms with van der Waals surface area (Å²) in [4.78, 5) is 49.2. The number of likely N-dealkylation sites (tertiary alicyclic amines) is 1. The van der Waals surface area contributed by atoms with Crippen molar-refractivity contribution >= 4 is 29.3 Å². The molecule has 4 atom stereocenters. The van der Waals surface area contributed by atoms with Gasteiger partial charge >= 0.3 is 6.03 Å². The molecule has 0 aromatic heterocycles. The van der Waals surface area contributed by atoms with Crippen LogP contribution in [0.5, 0.6) is 0 Å². The second kappa shape index (κ2) is 13.1. The third-order valence-electron chi connectivity index (χ3n) is 8.92. The van der Waals surface area contributed by atoms with E-state index in [2.05, 4.69) is 5.32 Å². The third kappa shape index (κ3) is 5.96. The van der Waals surface area contributed by atoms with Crippen LogP contribution in [-0.4, -0.2) is 90.9 Å². The van der Waals surface area contributed by atoms with Gasteiger partial charge in [-0.15, -0.1) is 0 Å². The Morgan fingerprint density at radius 1 is 0.864 bits per heavy atom. The fourth-order valence-corrected chi connectivity index (χ4v) is 6.94. The van der Waals surface area contributed by atoms with Crippen molar-refractivity contribution in [2.75, 3.05) is 52.5 Å². The van der Waals surface area contributed by atoms with E-state index in [-0.39, 0.29) is 17.7 Å². The Kier molecular flexibility index (Phi) is 8.98. The van der Waals surface area contributed by atoms with Gasteiger partial charge in [-0.25, -0.2) is 9.18 Å². The number of Topliss-reactive ketones (excluding diaryl/α,β-unsaturated/α-hetero) is 1. The molecule has 3 saturated heterocycles. The van der Waals surface area contributed by atoms with Crippen LogP contribution in [0.25, 0.3) is 0 Å². The van der Waals surface area contributed by atoms with Crippen LogP contribution < -0.4 is 5.32 Å². The number of urea groups is 1. The molecule has 0 spiro atoms. The topological polar surface area (TPSA) is 82.2 Å². The molecule has 0 saturated carbocycles. The highest BCUT2D eigenvalue weighted by Crippen LogP contribution is 2.52. The number of carbonyl (C=O) groups excluding carboxylic acids is 3. The van der Waals surface area contributed by atoms with Crippen LogP contribution in [0.3, 0.4) is 0 Å². The number of carbonyl (C=O) groups is 3. The smallest absolute Gasteiger partial charge is 0.321 e. The summed E-state index contributed by atoms with van der Waals surface area (Å²) in [5, 5.41) is 3.80. The van der Waals surface area contributed by atoms with Gasteiger partial charge in [-0.2, -0.15) is 0 Å². The minimum atomic E-state index is -1.01. The third-order valence-corrected chi connectivity index (χ3v) is 9.17. The maximum atomic E-state index is 14.8. The van der Waals surface area contributed by atoms with E-state index < -0.39 is 29.7 Å². The number of aryl methyl sites for hydroxylation is 1. The number of ketones is 1. The number of morpholine rings is 1. The van der Waals surface area contributed by atoms with Crippen LogP contribution in [0.15, 0.2) is 72.8 Å². The molecule has 3 heterocycles. The zero-order valence-corrected chi connectivity index (χ0v) is 25.4. The van der Waals surface area contributed by atoms with E-state index in [1.807, 2.05) is 37.3 Å². The molecule has 6 rings (SSSR count). The lowest BCUT2D eigenvalue weighted by Crippen LogP contribution is -2.57. The Bertz CT molecular complexity index is 1420. The van der Waals surface area contributed by atoms with Crippen molar-refractivity contribution in [3.8, 4) is 0 Å². The SMILES string of the molecule is Cc1cccc(C(=O)C2C(c3ccc(F)cc3)C(C(=O)N3CCNCC3)N(C(=O)N3CCOCC3)C2c2ccc(Cl)cc2)c1. The molecule has 4 unspecified atom stereocenters. The molecule has 3 amide bonds. The molecule has 44 heavy (non-hydrogen) atoms. The molecule has 10 heteroatoms. The average Bonchev–Trinajstić information content (AvgIpc) is 3.41. The van der Waals surface area contributed by atoms with Crippen molar-refractivity contribution < 1.29 is 23.5 Å². The van der Waals surface area contributed by atoms with E-state index in [4.69, 9.17) is 16.3 Å². The van der Waals surface area contributed by atoms with Crippen LogP contribution in [0.4, 0.5) is 9.18 Å². The number of amides is 3. The quantitative estimate of drug-likeness (QED) is 0.420. The van der Waals surface area contributed by atoms with Crippen molar-refractivity contribution in [1.82, 2.24) is 20.0 Å². The van der Waals surface area contributed by atoms with Gasteiger partial charge in [0.2, 0.25) is 5.91 Å². The largest absolute Gasteiger partial charge is 0.378 e. The van der Waals surface area contributed by atoms with E-state index in [1.54, 1.807) is 45.0 Å². The minimum absolute atomic E-state index is 0.182. The number of hydrogen-bond donors (Lipinski definition) is 1. The Labute approximate surface area is 261 Å². The second-order valence-corrected chi connectivity index (χ2v) is 12.1. The number of nitrogens with one attached hydrogen (secondary N) is 1. The molecule has 3 aliphatic rings. The summed E-state index contributed by atoms with van der Waals surface area (Å²) in [5.41, 5.74) is 2.74. The van der Waals surface area contributed by atoms with Crippen LogP contribution >= 0.6 is 11.6 Å². The van der Waals surface area contributed by atoms with E-state index in [0.29, 0.717) is 74.2 Å². The minimum Gasteiger partial charge on any atom is -0.378 e. The molecule has 0 bridgehead atoms. The number of benzene rings is 3. The predicted molar refractivity (Wildman–Crippen MR) is 165 cm³/mol. The zero-order valence-electron chi connectivity index (χ0n) is 24.6. The lowest BCUT2D eigenvalue weighted by atomic mass is 9.75. The summed E-state index contributed by atoms with van der Waals surface area (Å²) in [6.45, 7) is 5.64. The first-order chi connectivity index (χ1) is 21.3. The Balaban J connectivity index is 1.58. The first kappa shape index (κ1) is 30.2. The normalized spacial score (nSPS) is 23.9. The molecule has 1 N–H and O–H groups in total. The summed E-state index contributed by atoms with van der Waals surface area (Å²) < 4.78 is 19.8. The molecule has 3 aromatic rings. The lowest BCUT2D eigenvalue weighted by molar-refractivity contribution is -0.136. The number of rotatable bonds is 5. The lowest BCUT2D eigenvalue weighted by Gasteiger charge is -2.39. The van der Waals surface area contributed by atoms with Gasteiger partial charge in [-0.1, -0.05) is 59.6 Å². The van der Waals surface area contributed by atoms with Crippen LogP contribution in [0.1, 0.15) is 39.0 Å². The molecule has 0 aliphatic carbocycles. The number of piperazine rings is 1. The highest BCUT2D eigenvalue weighted by Gasteiger charge is 2.58. The van der Waals surface area contributed by atoms with Gasteiger partial charge in [0.1, 0.15) is 11.9 Å². The fourth-order valence-electron chi connectivity index (χ4n) is 6.81. The molecule has 230 valence electrons. The van der Waals surface area contributed by atoms with Crippen LogP contribution in [0.2, 0.25) is 5.02 Å². The standard InChI is InChI=1S/C34H36ClFN4O4/c1-22-3-2-4-25(21-22)32(41)29-28(23-7-11-27(36)12-8-23)31(33(42)38-15-13-37-14-16-38)40(34(43)39-17-19-44-20-18-39)30(29)24-5-9-26(35)10-6-24/h2-12,21,28-31,37H,13-20H2,1H3. The van der Waals surface area contributed by atoms with Gasteiger partial charge in [-0.05, 0) is 48.4 Å². The molecule has 3 aliphatic heterocycles. The number of ether oxygens (including phenoxy) is 1. The van der Waals surface area contributed by atoms with Crippen molar-refractivity contribution in [3.05, 3.63) is 106 Å². The van der Waals surface area contributed by atoms with Crippen molar-refractivity contribution in [2.24, 2.45) is 5.92 Å². The summed E-state index contributed by atoms with van der Waals surface area (Å²) in [7, 11) is 0. The predicted octanol–water partition coefficient (Wildman–Crippen LogP) is 4.68. The summed E-state index contributed by atoms with van der Waals surface area (Å²) in [6, 6.07) is 18.3. The Morgan fingerprint density at radius 3 is 2.18 bits per heavy atom. The molecule has 0 radical (unpaired) electrons. The van der Waals surface area contributed by atoms with Crippen molar-refractivity contribution in [2.45, 2.75) is 24.9 Å². The highest BCUT2D eigenvalue weighted by atomic mass is 35.5. The van der Waals surface area contributed by atoms with E-state index >= 15 is 0 Å². The maximum absolute atomic E-state index is 14.8. The van der Waals surface area contributed by atoms with Gasteiger partial charge in [-0.3, -0.25) is 9.59 Å². The molecular weight excluding hydrogens is 583 g/mol. The first-order valence-corrected chi connectivity index (χ1v) is 15.5. The molecule has 3 aromatic carbocycles. The average molecular weight is 619 g/mol. The molecular formula is C34H36ClFN4O4. The summed E-state index contributed by atoms with van der Waals surface area (Å²) in [6.07, 6.45) is 0. The second-order valence-electron chi connectivity index (χ2n) is 11.6. The molecule has 3 fully saturated rings. The van der Waals surface area contributed by atoms with Crippen LogP contribution in [0, 0.1) is 18.7 Å². The Morgan fingerprint density at radius 2 is 1.52 bits per heavy atom. The number of nitrogens with zero attached hydrogens (tertiary/aromatic N) is 3. The van der Waals surface area contributed by atoms with Crippen molar-refractivity contribution in [3.63, 3.8) is 0 Å². The Hall–Kier alpha value is -3.79. The maximum Gasteiger partial charge on any atom is 0.321 e. The molecule has 8 nitrogen and oxygen atoms in total. The van der Waals surface area contributed by atoms with E-state index in [9.17, 15) is 18.8 Å². The van der Waals surface area contributed by atoms with Gasteiger partial charge in [0.25, 0.3) is 0 Å². The van der Waals surface area contributed by atoms with Crippen LogP contribution in [-0.2, 0) is 9.53 Å². The van der Waals surface area contributed by atoms with Gasteiger partial charge < -0.3 is 24.8 Å². The van der Waals surface area contributed by atoms with E-state index in [0.717, 1.165) is 5.56 Å². The van der Waals surface area contributed by atoms with Crippen molar-refractivity contribution in [1.29, 1.82) is 0 Å². The summed E-state index contributed by atoms with van der Waals surface area (Å²) >= 11 is 6.30. The fraction of sp³-hybridized carbons (Fsp3) is 0.382. The van der Waals surface area contributed by atoms with Gasteiger partial charge in [0.05, 0.1) is 25.2 Å². The zero-order chi connectivity index (χ0) is 30.8. The first-order valence-electron chi connectivity index (χ1n) is 15.1. The van der Waals surface area contributed by atoms with E-state index in [1.165, 1.54) is 12.1 Å². The van der Waals surface area contributed by atoms with Gasteiger partial charge in [0, 0.05) is 55.8 Å². The monoisotopic (exact) mass is 618 g/mol. The highest BCUT2D eigenvalue weighted by molar-refractivity contribution is 6.30. The van der Waals surface area contributed by atoms with Gasteiger partial charge in [0.15, 0.2) is 5.78 Å². The number of hydrogen-bond acceptors (Lipinski definition) is 5.